The summed E-state index contributed by atoms with van der Waals surface area (Å²) in [7, 11) is 2.71. The number of methoxy groups -OCH3 is 2. The van der Waals surface area contributed by atoms with Gasteiger partial charge in [-0.05, 0) is 66.6 Å². The van der Waals surface area contributed by atoms with E-state index in [1.54, 1.807) is 48.8 Å². The fraction of sp³-hybridized carbons (Fsp3) is 0.143. The maximum atomic E-state index is 11.6. The topological polar surface area (TPSA) is 127 Å². The molecule has 6 aromatic rings. The van der Waals surface area contributed by atoms with Crippen LogP contribution in [0.5, 0.6) is 0 Å². The highest BCUT2D eigenvalue weighted by Gasteiger charge is 2.13. The van der Waals surface area contributed by atoms with Gasteiger partial charge < -0.3 is 9.47 Å². The van der Waals surface area contributed by atoms with Crippen LogP contribution in [-0.2, 0) is 21.8 Å². The summed E-state index contributed by atoms with van der Waals surface area (Å²) in [5.41, 5.74) is 5.95. The zero-order valence-corrected chi connectivity index (χ0v) is 28.4. The second-order valence-corrected chi connectivity index (χ2v) is 11.4. The third-order valence-corrected chi connectivity index (χ3v) is 7.57. The molecule has 0 radical (unpaired) electrons. The van der Waals surface area contributed by atoms with Gasteiger partial charge in [0.1, 0.15) is 10.0 Å². The average Bonchev–Trinajstić information content (AvgIpc) is 3.07. The fourth-order valence-corrected chi connectivity index (χ4v) is 5.20. The van der Waals surface area contributed by atoms with E-state index in [0.29, 0.717) is 44.5 Å². The minimum atomic E-state index is -0.389. The maximum absolute atomic E-state index is 11.6. The Labute approximate surface area is 291 Å². The van der Waals surface area contributed by atoms with Crippen LogP contribution in [0.3, 0.4) is 0 Å². The molecular weight excluding hydrogens is 679 g/mol. The van der Waals surface area contributed by atoms with Crippen molar-refractivity contribution in [1.29, 1.82) is 0 Å². The van der Waals surface area contributed by atoms with Crippen molar-refractivity contribution in [2.45, 2.75) is 19.2 Å². The number of esters is 2. The molecule has 0 saturated heterocycles. The predicted molar refractivity (Wildman–Crippen MR) is 181 cm³/mol. The number of pyridine rings is 4. The Morgan fingerprint density at radius 3 is 1.73 bits per heavy atom. The number of hydrogen-bond acceptors (Lipinski definition) is 8. The van der Waals surface area contributed by atoms with E-state index in [-0.39, 0.29) is 11.9 Å². The van der Waals surface area contributed by atoms with Crippen molar-refractivity contribution in [3.05, 3.63) is 141 Å². The summed E-state index contributed by atoms with van der Waals surface area (Å²) in [6.07, 6.45) is 6.61. The molecule has 0 fully saturated rings. The molecule has 13 heteroatoms. The number of alkyl halides is 1. The first-order valence-corrected chi connectivity index (χ1v) is 15.6. The van der Waals surface area contributed by atoms with Crippen LogP contribution in [0.2, 0.25) is 10.0 Å². The van der Waals surface area contributed by atoms with Gasteiger partial charge in [0.05, 0.1) is 36.1 Å². The normalized spacial score (nSPS) is 10.4. The van der Waals surface area contributed by atoms with E-state index < -0.39 is 0 Å². The second-order valence-electron chi connectivity index (χ2n) is 10.3. The number of ether oxygens (including phenoxy) is 2. The van der Waals surface area contributed by atoms with Gasteiger partial charge in [0.15, 0.2) is 0 Å². The lowest BCUT2D eigenvalue weighted by Gasteiger charge is -2.04. The summed E-state index contributed by atoms with van der Waals surface area (Å²) in [6.45, 7) is 1.83. The van der Waals surface area contributed by atoms with E-state index in [1.165, 1.54) is 26.6 Å². The van der Waals surface area contributed by atoms with Crippen molar-refractivity contribution >= 4 is 68.5 Å². The molecule has 0 aliphatic heterocycles. The maximum Gasteiger partial charge on any atom is 0.337 e. The van der Waals surface area contributed by atoms with E-state index in [1.807, 2.05) is 43.3 Å². The third-order valence-electron chi connectivity index (χ3n) is 6.85. The number of hydrogen-bond donors (Lipinski definition) is 2. The van der Waals surface area contributed by atoms with Crippen LogP contribution in [-0.4, -0.2) is 46.5 Å². The molecule has 10 nitrogen and oxygen atoms in total. The summed E-state index contributed by atoms with van der Waals surface area (Å²) in [5.74, 6) is -0.260. The van der Waals surface area contributed by atoms with Gasteiger partial charge in [-0.3, -0.25) is 20.4 Å². The highest BCUT2D eigenvalue weighted by atomic mass is 35.5. The molecule has 48 heavy (non-hydrogen) atoms. The molecule has 0 atom stereocenters. The van der Waals surface area contributed by atoms with Gasteiger partial charge in [-0.15, -0.1) is 11.6 Å². The number of aromatic nitrogens is 4. The molecule has 0 spiro atoms. The molecule has 0 aliphatic rings. The van der Waals surface area contributed by atoms with Gasteiger partial charge in [-0.25, -0.2) is 9.59 Å². The molecule has 246 valence electrons. The lowest BCUT2D eigenvalue weighted by molar-refractivity contribution is -0.884. The van der Waals surface area contributed by atoms with Gasteiger partial charge in [0, 0.05) is 57.7 Å². The Morgan fingerprint density at radius 2 is 1.21 bits per heavy atom. The summed E-state index contributed by atoms with van der Waals surface area (Å²) < 4.78 is 11.2. The summed E-state index contributed by atoms with van der Waals surface area (Å²) in [6, 6.07) is 21.4. The van der Waals surface area contributed by atoms with E-state index in [0.717, 1.165) is 42.7 Å². The largest absolute Gasteiger partial charge is 0.465 e. The van der Waals surface area contributed by atoms with Crippen LogP contribution >= 0.6 is 34.8 Å². The number of carbonyl (C=O) groups is 2. The van der Waals surface area contributed by atoms with Gasteiger partial charge in [-0.2, -0.15) is 0 Å². The van der Waals surface area contributed by atoms with Crippen molar-refractivity contribution in [3.8, 4) is 0 Å². The van der Waals surface area contributed by atoms with E-state index in [2.05, 4.69) is 14.7 Å². The van der Waals surface area contributed by atoms with Crippen molar-refractivity contribution in [3.63, 3.8) is 0 Å². The minimum Gasteiger partial charge on any atom is -0.465 e. The number of aryl methyl sites for hydroxylation is 1. The first-order valence-electron chi connectivity index (χ1n) is 14.3. The van der Waals surface area contributed by atoms with Gasteiger partial charge in [0.25, 0.3) is 11.0 Å². The first-order chi connectivity index (χ1) is 23.0. The molecule has 2 aromatic carbocycles. The summed E-state index contributed by atoms with van der Waals surface area (Å²) in [4.78, 5) is 30.7. The zero-order chi connectivity index (χ0) is 34.8. The number of fused-ring (bicyclic) bond motifs is 2. The first kappa shape index (κ1) is 35.8. The predicted octanol–water partition coefficient (Wildman–Crippen LogP) is 6.72. The number of carbonyl (C=O) groups excluding carboxylic acids is 2. The lowest BCUT2D eigenvalue weighted by Crippen LogP contribution is -2.30. The fourth-order valence-electron chi connectivity index (χ4n) is 4.61. The van der Waals surface area contributed by atoms with Crippen molar-refractivity contribution in [2.24, 2.45) is 0 Å². The highest BCUT2D eigenvalue weighted by molar-refractivity contribution is 6.31. The van der Waals surface area contributed by atoms with Gasteiger partial charge in [0.2, 0.25) is 12.4 Å². The number of halogens is 3. The zero-order valence-electron chi connectivity index (χ0n) is 26.1. The number of rotatable bonds is 5. The molecule has 0 bridgehead atoms. The van der Waals surface area contributed by atoms with Crippen LogP contribution in [0.15, 0.2) is 97.6 Å². The van der Waals surface area contributed by atoms with Crippen LogP contribution in [0, 0.1) is 6.92 Å². The molecule has 0 aliphatic carbocycles. The second kappa shape index (κ2) is 16.7. The molecule has 2 N–H and O–H groups in total. The SMILES string of the molecule is COC(=O)c1ccnc(C)c1.COC(=O)c1ccnc(Cc2ccc3c(cc(Cl)c[n+]3O)c2)c1.O[n+]1cc(Cl)cc2cc(CCl)ccc21. The smallest absolute Gasteiger partial charge is 0.337 e. The lowest BCUT2D eigenvalue weighted by atomic mass is 10.1. The Morgan fingerprint density at radius 1 is 0.708 bits per heavy atom. The summed E-state index contributed by atoms with van der Waals surface area (Å²) in [5, 5.41) is 22.0. The number of benzene rings is 2. The minimum absolute atomic E-state index is 0.324. The quantitative estimate of drug-likeness (QED) is 0.0875. The molecule has 0 saturated carbocycles. The van der Waals surface area contributed by atoms with E-state index in [9.17, 15) is 20.0 Å². The third kappa shape index (κ3) is 9.51. The highest BCUT2D eigenvalue weighted by Crippen LogP contribution is 2.20. The standard InChI is InChI=1S/C17H14ClN2O3.C10H8Cl2NO.C8H9NO2/c1-23-17(21)12-4-5-19-15(9-12)7-11-2-3-16-13(6-11)8-14(18)10-20(16)22;11-5-7-1-2-10-8(3-7)4-9(12)6-13(10)14;1-6-5-7(3-4-9-6)8(10)11-2/h2-6,8-10,22H,7H2,1H3;1-4,6,14H,5H2;3-5H,1-2H3/q2*+1;. The van der Waals surface area contributed by atoms with Crippen LogP contribution < -0.4 is 9.46 Å². The molecular formula is C35H31Cl3N4O6+2. The van der Waals surface area contributed by atoms with Crippen LogP contribution in [0.25, 0.3) is 21.8 Å². The Balaban J connectivity index is 0.000000177. The van der Waals surface area contributed by atoms with E-state index >= 15 is 0 Å². The summed E-state index contributed by atoms with van der Waals surface area (Å²) >= 11 is 17.5. The van der Waals surface area contributed by atoms with Gasteiger partial charge in [-0.1, -0.05) is 35.3 Å². The van der Waals surface area contributed by atoms with Gasteiger partial charge >= 0.3 is 11.9 Å². The Hall–Kier alpha value is -5.03. The molecule has 4 heterocycles. The Bertz CT molecular complexity index is 2090. The molecule has 0 amide bonds. The molecule has 0 unspecified atom stereocenters. The van der Waals surface area contributed by atoms with Crippen LogP contribution in [0.1, 0.15) is 43.2 Å². The molecule has 6 rings (SSSR count). The monoisotopic (exact) mass is 708 g/mol. The van der Waals surface area contributed by atoms with E-state index in [4.69, 9.17) is 39.5 Å². The number of nitrogens with zero attached hydrogens (tertiary/aromatic N) is 4. The molecule has 4 aromatic heterocycles. The Kier molecular flexibility index (Phi) is 12.5. The average molecular weight is 710 g/mol. The van der Waals surface area contributed by atoms with Crippen molar-refractivity contribution in [2.75, 3.05) is 14.2 Å². The van der Waals surface area contributed by atoms with Crippen LogP contribution in [0.4, 0.5) is 0 Å². The van der Waals surface area contributed by atoms with Crippen molar-refractivity contribution in [1.82, 2.24) is 9.97 Å². The van der Waals surface area contributed by atoms with Crippen molar-refractivity contribution < 1.29 is 38.9 Å².